The van der Waals surface area contributed by atoms with Gasteiger partial charge in [-0.2, -0.15) is 5.10 Å². The fourth-order valence-corrected chi connectivity index (χ4v) is 5.06. The number of benzene rings is 2. The molecule has 41 heavy (non-hydrogen) atoms. The first-order valence-electron chi connectivity index (χ1n) is 13.4. The lowest BCUT2D eigenvalue weighted by Crippen LogP contribution is -2.45. The molecule has 0 aliphatic carbocycles. The molecule has 1 aromatic heterocycles. The average Bonchev–Trinajstić information content (AvgIpc) is 3.21. The van der Waals surface area contributed by atoms with Gasteiger partial charge in [-0.25, -0.2) is 10.2 Å². The maximum Gasteiger partial charge on any atom is 0.338 e. The van der Waals surface area contributed by atoms with Crippen molar-refractivity contribution < 1.29 is 19.1 Å². The van der Waals surface area contributed by atoms with Gasteiger partial charge in [-0.1, -0.05) is 24.3 Å². The van der Waals surface area contributed by atoms with E-state index in [1.165, 1.54) is 11.1 Å². The molecule has 0 spiro atoms. The summed E-state index contributed by atoms with van der Waals surface area (Å²) in [4.78, 5) is 25.4. The summed E-state index contributed by atoms with van der Waals surface area (Å²) in [6, 6.07) is 15.0. The van der Waals surface area contributed by atoms with Crippen molar-refractivity contribution in [2.24, 2.45) is 5.10 Å². The quantitative estimate of drug-likeness (QED) is 0.149. The lowest BCUT2D eigenvalue weighted by Gasteiger charge is -2.30. The first kappa shape index (κ1) is 29.5. The van der Waals surface area contributed by atoms with E-state index in [1.54, 1.807) is 32.2 Å². The van der Waals surface area contributed by atoms with Gasteiger partial charge in [0.05, 0.1) is 24.4 Å². The Bertz CT molecular complexity index is 1560. The number of carbonyl (C=O) groups is 2. The van der Waals surface area contributed by atoms with E-state index in [-0.39, 0.29) is 13.2 Å². The Balaban J connectivity index is 1.45. The minimum absolute atomic E-state index is 0.237. The van der Waals surface area contributed by atoms with Gasteiger partial charge in [0.2, 0.25) is 0 Å². The van der Waals surface area contributed by atoms with E-state index in [1.807, 2.05) is 32.0 Å². The van der Waals surface area contributed by atoms with Crippen LogP contribution < -0.4 is 20.8 Å². The Labute approximate surface area is 245 Å². The number of nitrogens with one attached hydrogen (secondary N) is 3. The number of hydrogen-bond acceptors (Lipinski definition) is 6. The molecule has 0 saturated carbocycles. The van der Waals surface area contributed by atoms with Crippen molar-refractivity contribution in [1.29, 1.82) is 0 Å². The highest BCUT2D eigenvalue weighted by Crippen LogP contribution is 2.33. The van der Waals surface area contributed by atoms with Gasteiger partial charge in [-0.15, -0.1) is 0 Å². The van der Waals surface area contributed by atoms with Crippen LogP contribution in [0.15, 0.2) is 64.9 Å². The number of hydrazone groups is 1. The zero-order valence-corrected chi connectivity index (χ0v) is 24.9. The van der Waals surface area contributed by atoms with Gasteiger partial charge in [0.15, 0.2) is 11.7 Å². The van der Waals surface area contributed by atoms with Gasteiger partial charge < -0.3 is 24.7 Å². The third-order valence-corrected chi connectivity index (χ3v) is 7.19. The lowest BCUT2D eigenvalue weighted by atomic mass is 9.95. The maximum atomic E-state index is 12.7. The smallest absolute Gasteiger partial charge is 0.338 e. The number of aromatic nitrogens is 1. The highest BCUT2D eigenvalue weighted by Gasteiger charge is 2.32. The molecule has 9 nitrogen and oxygen atoms in total. The molecule has 3 aromatic rings. The molecule has 0 bridgehead atoms. The number of rotatable bonds is 9. The Morgan fingerprint density at radius 2 is 1.83 bits per heavy atom. The van der Waals surface area contributed by atoms with E-state index < -0.39 is 17.9 Å². The van der Waals surface area contributed by atoms with Crippen LogP contribution in [0.5, 0.6) is 5.75 Å². The first-order valence-corrected chi connectivity index (χ1v) is 13.8. The number of nitrogens with zero attached hydrogens (tertiary/aromatic N) is 2. The highest BCUT2D eigenvalue weighted by atomic mass is 32.1. The molecule has 1 atom stereocenters. The highest BCUT2D eigenvalue weighted by molar-refractivity contribution is 7.80. The normalized spacial score (nSPS) is 15.0. The van der Waals surface area contributed by atoms with E-state index in [9.17, 15) is 9.59 Å². The SMILES string of the molecule is CCOC(=O)C1=C(C)NC(=S)N[C@H]1c1ccccc1OCC(=O)NN=Cc1cc(C)n(-c2ccc(C)c(C)c2)c1C. The van der Waals surface area contributed by atoms with Crippen molar-refractivity contribution in [3.63, 3.8) is 0 Å². The third-order valence-electron chi connectivity index (χ3n) is 6.97. The molecule has 4 rings (SSSR count). The molecule has 0 radical (unpaired) electrons. The Hall–Kier alpha value is -4.44. The van der Waals surface area contributed by atoms with Crippen molar-refractivity contribution in [2.75, 3.05) is 13.2 Å². The molecule has 2 heterocycles. The van der Waals surface area contributed by atoms with Gasteiger partial charge in [-0.05, 0) is 89.2 Å². The Morgan fingerprint density at radius 1 is 1.07 bits per heavy atom. The predicted molar refractivity (Wildman–Crippen MR) is 163 cm³/mol. The van der Waals surface area contributed by atoms with Crippen molar-refractivity contribution in [2.45, 2.75) is 47.6 Å². The maximum absolute atomic E-state index is 12.7. The molecule has 0 unspecified atom stereocenters. The number of thiocarbonyl (C=S) groups is 1. The third kappa shape index (κ3) is 6.66. The minimum atomic E-state index is -0.604. The zero-order chi connectivity index (χ0) is 29.7. The van der Waals surface area contributed by atoms with Crippen molar-refractivity contribution in [3.8, 4) is 11.4 Å². The molecule has 2 aromatic carbocycles. The number of allylic oxidation sites excluding steroid dienone is 1. The molecule has 0 fully saturated rings. The van der Waals surface area contributed by atoms with Gasteiger partial charge in [0, 0.05) is 33.9 Å². The van der Waals surface area contributed by atoms with Crippen molar-refractivity contribution >= 4 is 35.4 Å². The van der Waals surface area contributed by atoms with E-state index in [0.29, 0.717) is 27.7 Å². The molecule has 10 heteroatoms. The van der Waals surface area contributed by atoms with E-state index in [0.717, 1.165) is 22.6 Å². The number of aryl methyl sites for hydroxylation is 3. The summed E-state index contributed by atoms with van der Waals surface area (Å²) in [6.45, 7) is 11.7. The summed E-state index contributed by atoms with van der Waals surface area (Å²) in [5, 5.41) is 10.6. The second-order valence-corrected chi connectivity index (χ2v) is 10.2. The second kappa shape index (κ2) is 12.8. The summed E-state index contributed by atoms with van der Waals surface area (Å²) in [7, 11) is 0. The van der Waals surface area contributed by atoms with Gasteiger partial charge in [0.1, 0.15) is 5.75 Å². The molecule has 214 valence electrons. The minimum Gasteiger partial charge on any atom is -0.483 e. The Kier molecular flexibility index (Phi) is 9.24. The van der Waals surface area contributed by atoms with Crippen LogP contribution in [0.1, 0.15) is 53.5 Å². The molecule has 0 saturated heterocycles. The van der Waals surface area contributed by atoms with Crippen LogP contribution in [0, 0.1) is 27.7 Å². The lowest BCUT2D eigenvalue weighted by molar-refractivity contribution is -0.139. The molecular weight excluding hydrogens is 538 g/mol. The molecule has 3 N–H and O–H groups in total. The van der Waals surface area contributed by atoms with Crippen LogP contribution in [-0.4, -0.2) is 41.0 Å². The summed E-state index contributed by atoms with van der Waals surface area (Å²) in [5.41, 5.74) is 10.7. The van der Waals surface area contributed by atoms with Crippen molar-refractivity contribution in [3.05, 3.63) is 93.4 Å². The van der Waals surface area contributed by atoms with E-state index in [2.05, 4.69) is 57.8 Å². The van der Waals surface area contributed by atoms with Crippen molar-refractivity contribution in [1.82, 2.24) is 20.6 Å². The number of carbonyl (C=O) groups excluding carboxylic acids is 2. The second-order valence-electron chi connectivity index (χ2n) is 9.84. The van der Waals surface area contributed by atoms with E-state index >= 15 is 0 Å². The molecule has 1 aliphatic rings. The van der Waals surface area contributed by atoms with E-state index in [4.69, 9.17) is 21.7 Å². The number of ether oxygens (including phenoxy) is 2. The number of hydrogen-bond donors (Lipinski definition) is 3. The largest absolute Gasteiger partial charge is 0.483 e. The van der Waals surface area contributed by atoms with Gasteiger partial charge >= 0.3 is 5.97 Å². The van der Waals surface area contributed by atoms with Gasteiger partial charge in [0.25, 0.3) is 5.91 Å². The van der Waals surface area contributed by atoms with Crippen LogP contribution in [0.25, 0.3) is 5.69 Å². The standard InChI is InChI=1S/C31H35N5O4S/c1-7-39-30(38)28-21(5)33-31(41)34-29(28)25-10-8-9-11-26(25)40-17-27(37)35-32-16-23-15-20(4)36(22(23)6)24-13-12-18(2)19(3)14-24/h8-16,29H,7,17H2,1-6H3,(H,35,37)(H2,33,34,41)/t29-/m0/s1. The summed E-state index contributed by atoms with van der Waals surface area (Å²) >= 11 is 5.33. The fraction of sp³-hybridized carbons (Fsp3) is 0.290. The number of amides is 1. The summed E-state index contributed by atoms with van der Waals surface area (Å²) < 4.78 is 13.3. The van der Waals surface area contributed by atoms with Crippen LogP contribution in [-0.2, 0) is 14.3 Å². The van der Waals surface area contributed by atoms with Crippen LogP contribution in [0.4, 0.5) is 0 Å². The molecule has 1 amide bonds. The van der Waals surface area contributed by atoms with Crippen LogP contribution in [0.3, 0.4) is 0 Å². The Morgan fingerprint density at radius 3 is 2.56 bits per heavy atom. The predicted octanol–water partition coefficient (Wildman–Crippen LogP) is 4.60. The first-order chi connectivity index (χ1) is 19.6. The average molecular weight is 574 g/mol. The number of esters is 1. The fourth-order valence-electron chi connectivity index (χ4n) is 4.79. The summed E-state index contributed by atoms with van der Waals surface area (Å²) in [6.07, 6.45) is 1.63. The summed E-state index contributed by atoms with van der Waals surface area (Å²) in [5.74, 6) is -0.457. The monoisotopic (exact) mass is 573 g/mol. The van der Waals surface area contributed by atoms with Crippen LogP contribution >= 0.6 is 12.2 Å². The number of para-hydroxylation sites is 1. The van der Waals surface area contributed by atoms with Gasteiger partial charge in [-0.3, -0.25) is 4.79 Å². The topological polar surface area (TPSA) is 106 Å². The molecule has 1 aliphatic heterocycles. The molecular formula is C31H35N5O4S. The van der Waals surface area contributed by atoms with Crippen LogP contribution in [0.2, 0.25) is 0 Å². The zero-order valence-electron chi connectivity index (χ0n) is 24.1.